The van der Waals surface area contributed by atoms with Crippen LogP contribution in [-0.4, -0.2) is 43.2 Å². The topological polar surface area (TPSA) is 58.6 Å². The van der Waals surface area contributed by atoms with Crippen molar-refractivity contribution < 1.29 is 14.3 Å². The van der Waals surface area contributed by atoms with Crippen LogP contribution in [0.3, 0.4) is 0 Å². The summed E-state index contributed by atoms with van der Waals surface area (Å²) in [5, 5.41) is 2.40. The summed E-state index contributed by atoms with van der Waals surface area (Å²) in [6, 6.07) is 14.9. The van der Waals surface area contributed by atoms with E-state index in [1.165, 1.54) is 11.8 Å². The highest BCUT2D eigenvalue weighted by Crippen LogP contribution is 2.26. The number of hydrogen-bond acceptors (Lipinski definition) is 4. The maximum atomic E-state index is 12.6. The van der Waals surface area contributed by atoms with Gasteiger partial charge in [-0.25, -0.2) is 0 Å². The molecule has 0 aliphatic carbocycles. The number of ether oxygens (including phenoxy) is 1. The van der Waals surface area contributed by atoms with Crippen LogP contribution in [0.1, 0.15) is 22.8 Å². The number of carbonyl (C=O) groups excluding carboxylic acids is 2. The standard InChI is InChI=1S/C20H24N2O3S/c1-14(26-18-11-9-17(25-4)10-12-18)20(24)22(3)13-15-5-7-16(8-6-15)19(23)21-2/h5-12,14H,13H2,1-4H3,(H,21,23). The van der Waals surface area contributed by atoms with Crippen molar-refractivity contribution in [1.29, 1.82) is 0 Å². The van der Waals surface area contributed by atoms with Crippen LogP contribution in [0.25, 0.3) is 0 Å². The fourth-order valence-corrected chi connectivity index (χ4v) is 3.46. The van der Waals surface area contributed by atoms with E-state index >= 15 is 0 Å². The number of methoxy groups -OCH3 is 1. The van der Waals surface area contributed by atoms with Gasteiger partial charge in [-0.15, -0.1) is 11.8 Å². The summed E-state index contributed by atoms with van der Waals surface area (Å²) < 4.78 is 5.15. The van der Waals surface area contributed by atoms with Crippen molar-refractivity contribution in [2.24, 2.45) is 0 Å². The molecule has 138 valence electrons. The van der Waals surface area contributed by atoms with E-state index in [2.05, 4.69) is 5.32 Å². The number of amides is 2. The molecule has 0 spiro atoms. The molecule has 2 aromatic rings. The van der Waals surface area contributed by atoms with E-state index in [9.17, 15) is 9.59 Å². The normalized spacial score (nSPS) is 11.5. The zero-order chi connectivity index (χ0) is 19.1. The van der Waals surface area contributed by atoms with Gasteiger partial charge in [-0.3, -0.25) is 9.59 Å². The van der Waals surface area contributed by atoms with E-state index in [1.54, 1.807) is 38.2 Å². The van der Waals surface area contributed by atoms with Gasteiger partial charge in [0.15, 0.2) is 0 Å². The van der Waals surface area contributed by atoms with Crippen LogP contribution in [-0.2, 0) is 11.3 Å². The number of nitrogens with one attached hydrogen (secondary N) is 1. The quantitative estimate of drug-likeness (QED) is 0.759. The molecule has 0 aliphatic heterocycles. The molecule has 1 N–H and O–H groups in total. The van der Waals surface area contributed by atoms with Crippen molar-refractivity contribution >= 4 is 23.6 Å². The molecule has 0 fully saturated rings. The van der Waals surface area contributed by atoms with Crippen LogP contribution in [0.4, 0.5) is 0 Å². The highest BCUT2D eigenvalue weighted by atomic mass is 32.2. The highest BCUT2D eigenvalue weighted by molar-refractivity contribution is 8.00. The molecule has 2 amide bonds. The van der Waals surface area contributed by atoms with Crippen molar-refractivity contribution in [3.8, 4) is 5.75 Å². The summed E-state index contributed by atoms with van der Waals surface area (Å²) >= 11 is 1.52. The van der Waals surface area contributed by atoms with Crippen LogP contribution in [0.15, 0.2) is 53.4 Å². The summed E-state index contributed by atoms with van der Waals surface area (Å²) in [7, 11) is 5.02. The lowest BCUT2D eigenvalue weighted by Gasteiger charge is -2.21. The molecular formula is C20H24N2O3S. The van der Waals surface area contributed by atoms with E-state index in [-0.39, 0.29) is 17.1 Å². The van der Waals surface area contributed by atoms with Crippen LogP contribution < -0.4 is 10.1 Å². The first kappa shape index (κ1) is 19.8. The van der Waals surface area contributed by atoms with E-state index < -0.39 is 0 Å². The molecule has 2 rings (SSSR count). The smallest absolute Gasteiger partial charge is 0.251 e. The summed E-state index contributed by atoms with van der Waals surface area (Å²) in [6.45, 7) is 2.41. The SMILES string of the molecule is CNC(=O)c1ccc(CN(C)C(=O)C(C)Sc2ccc(OC)cc2)cc1. The number of hydrogen-bond donors (Lipinski definition) is 1. The van der Waals surface area contributed by atoms with E-state index in [1.807, 2.05) is 43.3 Å². The molecule has 0 aliphatic rings. The van der Waals surface area contributed by atoms with Crippen LogP contribution >= 0.6 is 11.8 Å². The lowest BCUT2D eigenvalue weighted by molar-refractivity contribution is -0.129. The number of nitrogens with zero attached hydrogens (tertiary/aromatic N) is 1. The largest absolute Gasteiger partial charge is 0.497 e. The number of benzene rings is 2. The van der Waals surface area contributed by atoms with E-state index in [4.69, 9.17) is 4.74 Å². The Balaban J connectivity index is 1.93. The van der Waals surface area contributed by atoms with Gasteiger partial charge >= 0.3 is 0 Å². The third-order valence-electron chi connectivity index (χ3n) is 3.96. The molecule has 0 radical (unpaired) electrons. The van der Waals surface area contributed by atoms with Gasteiger partial charge in [-0.05, 0) is 48.9 Å². The molecule has 0 heterocycles. The second-order valence-corrected chi connectivity index (χ2v) is 7.32. The third-order valence-corrected chi connectivity index (χ3v) is 5.06. The lowest BCUT2D eigenvalue weighted by atomic mass is 10.1. The molecular weight excluding hydrogens is 348 g/mol. The minimum Gasteiger partial charge on any atom is -0.497 e. The van der Waals surface area contributed by atoms with Crippen molar-refractivity contribution in [3.63, 3.8) is 0 Å². The first-order chi connectivity index (χ1) is 12.4. The van der Waals surface area contributed by atoms with Gasteiger partial charge in [-0.1, -0.05) is 12.1 Å². The van der Waals surface area contributed by atoms with Crippen molar-refractivity contribution in [2.45, 2.75) is 23.6 Å². The van der Waals surface area contributed by atoms with Gasteiger partial charge in [-0.2, -0.15) is 0 Å². The average molecular weight is 372 g/mol. The van der Waals surface area contributed by atoms with Gasteiger partial charge < -0.3 is 15.0 Å². The zero-order valence-electron chi connectivity index (χ0n) is 15.5. The van der Waals surface area contributed by atoms with Gasteiger partial charge in [0.05, 0.1) is 12.4 Å². The number of carbonyl (C=O) groups is 2. The van der Waals surface area contributed by atoms with Gasteiger partial charge in [0.2, 0.25) is 5.91 Å². The molecule has 5 nitrogen and oxygen atoms in total. The molecule has 0 bridgehead atoms. The summed E-state index contributed by atoms with van der Waals surface area (Å²) in [4.78, 5) is 26.9. The minimum absolute atomic E-state index is 0.0567. The molecule has 2 aromatic carbocycles. The maximum Gasteiger partial charge on any atom is 0.251 e. The Morgan fingerprint density at radius 2 is 1.73 bits per heavy atom. The van der Waals surface area contributed by atoms with Gasteiger partial charge in [0, 0.05) is 31.1 Å². The summed E-state index contributed by atoms with van der Waals surface area (Å²) in [5.41, 5.74) is 1.59. The second-order valence-electron chi connectivity index (χ2n) is 5.91. The second kappa shape index (κ2) is 9.29. The fourth-order valence-electron chi connectivity index (χ4n) is 2.48. The van der Waals surface area contributed by atoms with Crippen LogP contribution in [0.5, 0.6) is 5.75 Å². The predicted molar refractivity (Wildman–Crippen MR) is 105 cm³/mol. The monoisotopic (exact) mass is 372 g/mol. The Bertz CT molecular complexity index is 745. The molecule has 0 aromatic heterocycles. The first-order valence-corrected chi connectivity index (χ1v) is 9.19. The lowest BCUT2D eigenvalue weighted by Crippen LogP contribution is -2.32. The third kappa shape index (κ3) is 5.26. The Kier molecular flexibility index (Phi) is 7.09. The molecule has 0 saturated heterocycles. The Morgan fingerprint density at radius 3 is 2.27 bits per heavy atom. The molecule has 0 saturated carbocycles. The molecule has 6 heteroatoms. The van der Waals surface area contributed by atoms with Crippen molar-refractivity contribution in [1.82, 2.24) is 10.2 Å². The van der Waals surface area contributed by atoms with Crippen molar-refractivity contribution in [3.05, 3.63) is 59.7 Å². The highest BCUT2D eigenvalue weighted by Gasteiger charge is 2.19. The Morgan fingerprint density at radius 1 is 1.12 bits per heavy atom. The summed E-state index contributed by atoms with van der Waals surface area (Å²) in [6.07, 6.45) is 0. The van der Waals surface area contributed by atoms with Crippen LogP contribution in [0.2, 0.25) is 0 Å². The molecule has 1 unspecified atom stereocenters. The predicted octanol–water partition coefficient (Wildman–Crippen LogP) is 3.19. The molecule has 1 atom stereocenters. The van der Waals surface area contributed by atoms with Gasteiger partial charge in [0.25, 0.3) is 5.91 Å². The van der Waals surface area contributed by atoms with Crippen LogP contribution in [0, 0.1) is 0 Å². The maximum absolute atomic E-state index is 12.6. The average Bonchev–Trinajstić information content (AvgIpc) is 2.67. The Hall–Kier alpha value is -2.47. The first-order valence-electron chi connectivity index (χ1n) is 8.31. The minimum atomic E-state index is -0.196. The van der Waals surface area contributed by atoms with E-state index in [0.717, 1.165) is 16.2 Å². The Labute approximate surface area is 158 Å². The van der Waals surface area contributed by atoms with Gasteiger partial charge in [0.1, 0.15) is 5.75 Å². The fraction of sp³-hybridized carbons (Fsp3) is 0.300. The molecule has 26 heavy (non-hydrogen) atoms. The van der Waals surface area contributed by atoms with E-state index in [0.29, 0.717) is 12.1 Å². The number of rotatable bonds is 7. The summed E-state index contributed by atoms with van der Waals surface area (Å²) in [5.74, 6) is 0.734. The zero-order valence-corrected chi connectivity index (χ0v) is 16.3. The number of thioether (sulfide) groups is 1. The van der Waals surface area contributed by atoms with Crippen molar-refractivity contribution in [2.75, 3.05) is 21.2 Å².